The number of halogens is 1. The summed E-state index contributed by atoms with van der Waals surface area (Å²) in [5.74, 6) is -0.108. The Kier molecular flexibility index (Phi) is 4.75. The van der Waals surface area contributed by atoms with Crippen LogP contribution in [0, 0.1) is 10.1 Å². The van der Waals surface area contributed by atoms with Crippen LogP contribution < -0.4 is 0 Å². The summed E-state index contributed by atoms with van der Waals surface area (Å²) in [5, 5.41) is 11.0. The molecular weight excluding hydrogens is 286 g/mol. The van der Waals surface area contributed by atoms with Crippen LogP contribution in [0.3, 0.4) is 0 Å². The van der Waals surface area contributed by atoms with Crippen LogP contribution in [0.25, 0.3) is 0 Å². The fraction of sp³-hybridized carbons (Fsp3) is 0.727. The lowest BCUT2D eigenvalue weighted by Crippen LogP contribution is -2.41. The van der Waals surface area contributed by atoms with Gasteiger partial charge in [0.2, 0.25) is 0 Å². The van der Waals surface area contributed by atoms with Crippen molar-refractivity contribution in [3.63, 3.8) is 0 Å². The highest BCUT2D eigenvalue weighted by Gasteiger charge is 2.37. The zero-order valence-corrected chi connectivity index (χ0v) is 13.7. The normalized spacial score (nSPS) is 12.7. The van der Waals surface area contributed by atoms with Crippen molar-refractivity contribution in [1.82, 2.24) is 9.55 Å². The quantitative estimate of drug-likeness (QED) is 0.474. The molecule has 0 N–H and O–H groups in total. The maximum Gasteiger partial charge on any atom is 0.343 e. The van der Waals surface area contributed by atoms with Crippen LogP contribution in [-0.4, -0.2) is 29.4 Å². The third-order valence-corrected chi connectivity index (χ3v) is 8.40. The number of aromatic nitrogens is 2. The summed E-state index contributed by atoms with van der Waals surface area (Å²) >= 11 is 5.83. The highest BCUT2D eigenvalue weighted by Crippen LogP contribution is 2.36. The van der Waals surface area contributed by atoms with Crippen LogP contribution in [-0.2, 0) is 11.0 Å². The molecule has 1 heterocycles. The molecule has 1 rings (SSSR count). The summed E-state index contributed by atoms with van der Waals surface area (Å²) in [6.45, 7) is 11.4. The molecule has 0 aromatic carbocycles. The minimum Gasteiger partial charge on any atom is -0.413 e. The summed E-state index contributed by atoms with van der Waals surface area (Å²) in [6, 6.07) is 0. The molecule has 0 fully saturated rings. The first-order valence-electron chi connectivity index (χ1n) is 6.05. The van der Waals surface area contributed by atoms with Crippen molar-refractivity contribution in [1.29, 1.82) is 0 Å². The van der Waals surface area contributed by atoms with E-state index in [2.05, 4.69) is 38.8 Å². The van der Waals surface area contributed by atoms with Crippen LogP contribution in [0.5, 0.6) is 0 Å². The van der Waals surface area contributed by atoms with Gasteiger partial charge in [-0.15, -0.1) is 0 Å². The van der Waals surface area contributed by atoms with Crippen molar-refractivity contribution in [2.45, 2.75) is 45.4 Å². The molecule has 0 aliphatic rings. The average molecular weight is 306 g/mol. The number of nitrogens with zero attached hydrogens (tertiary/aromatic N) is 3. The van der Waals surface area contributed by atoms with E-state index in [9.17, 15) is 10.1 Å². The minimum atomic E-state index is -1.85. The van der Waals surface area contributed by atoms with E-state index in [1.807, 2.05) is 0 Å². The standard InChI is InChI=1S/C11H20ClN3O3Si/c1-11(2,3)19(4,5)18-7-6-14-9(15(16)17)8-13-10(14)12/h8H,6-7H2,1-5H3. The highest BCUT2D eigenvalue weighted by molar-refractivity contribution is 6.74. The first-order valence-corrected chi connectivity index (χ1v) is 9.34. The van der Waals surface area contributed by atoms with E-state index in [0.717, 1.165) is 6.20 Å². The van der Waals surface area contributed by atoms with E-state index in [1.165, 1.54) is 4.57 Å². The number of nitro groups is 1. The lowest BCUT2D eigenvalue weighted by Gasteiger charge is -2.35. The summed E-state index contributed by atoms with van der Waals surface area (Å²) < 4.78 is 7.32. The Labute approximate surface area is 119 Å². The zero-order chi connectivity index (χ0) is 14.8. The largest absolute Gasteiger partial charge is 0.413 e. The van der Waals surface area contributed by atoms with Crippen LogP contribution in [0.4, 0.5) is 5.82 Å². The molecule has 0 aliphatic carbocycles. The van der Waals surface area contributed by atoms with Crippen LogP contribution in [0.2, 0.25) is 23.4 Å². The van der Waals surface area contributed by atoms with Gasteiger partial charge in [0, 0.05) is 0 Å². The molecule has 0 bridgehead atoms. The lowest BCUT2D eigenvalue weighted by molar-refractivity contribution is -0.392. The summed E-state index contributed by atoms with van der Waals surface area (Å²) in [5.41, 5.74) is 0. The van der Waals surface area contributed by atoms with Crippen LogP contribution in [0.1, 0.15) is 20.8 Å². The Morgan fingerprint density at radius 1 is 1.53 bits per heavy atom. The molecule has 0 spiro atoms. The molecule has 19 heavy (non-hydrogen) atoms. The van der Waals surface area contributed by atoms with Crippen LogP contribution >= 0.6 is 11.6 Å². The van der Waals surface area contributed by atoms with E-state index in [1.54, 1.807) is 0 Å². The molecule has 0 unspecified atom stereocenters. The van der Waals surface area contributed by atoms with Gasteiger partial charge in [-0.25, -0.2) is 0 Å². The van der Waals surface area contributed by atoms with Gasteiger partial charge in [-0.3, -0.25) is 0 Å². The third-order valence-electron chi connectivity index (χ3n) is 3.56. The zero-order valence-electron chi connectivity index (χ0n) is 11.9. The highest BCUT2D eigenvalue weighted by atomic mass is 35.5. The summed E-state index contributed by atoms with van der Waals surface area (Å²) in [4.78, 5) is 14.1. The molecule has 1 aromatic heterocycles. The Balaban J connectivity index is 2.69. The van der Waals surface area contributed by atoms with Crippen molar-refractivity contribution in [2.75, 3.05) is 6.61 Å². The monoisotopic (exact) mass is 305 g/mol. The number of rotatable bonds is 5. The van der Waals surface area contributed by atoms with Gasteiger partial charge in [0.15, 0.2) is 8.32 Å². The minimum absolute atomic E-state index is 0.108. The molecule has 0 saturated heterocycles. The lowest BCUT2D eigenvalue weighted by atomic mass is 10.2. The molecule has 0 radical (unpaired) electrons. The van der Waals surface area contributed by atoms with Gasteiger partial charge < -0.3 is 14.5 Å². The molecule has 0 saturated carbocycles. The molecule has 108 valence electrons. The van der Waals surface area contributed by atoms with Gasteiger partial charge in [-0.2, -0.15) is 9.55 Å². The molecule has 0 aliphatic heterocycles. The fourth-order valence-electron chi connectivity index (χ4n) is 1.31. The second-order valence-corrected chi connectivity index (χ2v) is 11.1. The Morgan fingerprint density at radius 3 is 2.58 bits per heavy atom. The van der Waals surface area contributed by atoms with Gasteiger partial charge in [-0.1, -0.05) is 20.8 Å². The van der Waals surface area contributed by atoms with E-state index < -0.39 is 13.2 Å². The second kappa shape index (κ2) is 5.60. The number of hydrogen-bond donors (Lipinski definition) is 0. The van der Waals surface area contributed by atoms with Gasteiger partial charge >= 0.3 is 5.82 Å². The number of imidazole rings is 1. The van der Waals surface area contributed by atoms with E-state index >= 15 is 0 Å². The van der Waals surface area contributed by atoms with Crippen molar-refractivity contribution in [3.05, 3.63) is 21.6 Å². The SMILES string of the molecule is CC(C)(C)[Si](C)(C)OCCn1c([N+](=O)[O-])cnc1Cl. The fourth-order valence-corrected chi connectivity index (χ4v) is 2.56. The smallest absolute Gasteiger partial charge is 0.343 e. The molecule has 1 aromatic rings. The molecule has 6 nitrogen and oxygen atoms in total. The maximum atomic E-state index is 10.8. The Hall–Kier alpha value is -0.923. The van der Waals surface area contributed by atoms with E-state index in [-0.39, 0.29) is 16.1 Å². The van der Waals surface area contributed by atoms with Gasteiger partial charge in [0.1, 0.15) is 12.7 Å². The van der Waals surface area contributed by atoms with Gasteiger partial charge in [0.25, 0.3) is 5.28 Å². The predicted octanol–water partition coefficient (Wildman–Crippen LogP) is 3.47. The second-order valence-electron chi connectivity index (χ2n) is 5.90. The topological polar surface area (TPSA) is 70.2 Å². The first kappa shape index (κ1) is 16.1. The van der Waals surface area contributed by atoms with Crippen molar-refractivity contribution >= 4 is 25.7 Å². The van der Waals surface area contributed by atoms with E-state index in [4.69, 9.17) is 16.0 Å². The number of hydrogen-bond acceptors (Lipinski definition) is 4. The molecule has 0 amide bonds. The van der Waals surface area contributed by atoms with Gasteiger partial charge in [0.05, 0.1) is 6.61 Å². The van der Waals surface area contributed by atoms with Crippen molar-refractivity contribution in [3.8, 4) is 0 Å². The molecule has 8 heteroatoms. The Morgan fingerprint density at radius 2 is 2.11 bits per heavy atom. The van der Waals surface area contributed by atoms with E-state index in [0.29, 0.717) is 13.2 Å². The Bertz CT molecular complexity index is 468. The molecular formula is C11H20ClN3O3Si. The average Bonchev–Trinajstić information content (AvgIpc) is 2.58. The third kappa shape index (κ3) is 3.77. The van der Waals surface area contributed by atoms with Crippen LogP contribution in [0.15, 0.2) is 6.20 Å². The first-order chi connectivity index (χ1) is 8.56. The van der Waals surface area contributed by atoms with Crippen molar-refractivity contribution < 1.29 is 9.35 Å². The summed E-state index contributed by atoms with van der Waals surface area (Å²) in [6.07, 6.45) is 1.16. The van der Waals surface area contributed by atoms with Crippen molar-refractivity contribution in [2.24, 2.45) is 0 Å². The van der Waals surface area contributed by atoms with Gasteiger partial charge in [-0.05, 0) is 34.7 Å². The predicted molar refractivity (Wildman–Crippen MR) is 77.0 cm³/mol. The maximum absolute atomic E-state index is 10.8. The molecule has 0 atom stereocenters. The summed E-state index contributed by atoms with van der Waals surface area (Å²) in [7, 11) is -1.85.